The predicted molar refractivity (Wildman–Crippen MR) is 69.0 cm³/mol. The first-order valence-corrected chi connectivity index (χ1v) is 6.95. The Morgan fingerprint density at radius 2 is 2.06 bits per heavy atom. The standard InChI is InChI=1S/C11H12N2O2S2/c1-14-9-5-3-8(4-6-9)7-15-11-12-10(16-2)13-17-11/h3-6H,7H2,1-2H3. The van der Waals surface area contributed by atoms with Crippen LogP contribution in [0, 0.1) is 0 Å². The van der Waals surface area contributed by atoms with E-state index in [0.29, 0.717) is 11.8 Å². The first-order chi connectivity index (χ1) is 8.31. The molecule has 0 saturated carbocycles. The van der Waals surface area contributed by atoms with Gasteiger partial charge >= 0.3 is 0 Å². The lowest BCUT2D eigenvalue weighted by atomic mass is 10.2. The van der Waals surface area contributed by atoms with Crippen molar-refractivity contribution in [3.63, 3.8) is 0 Å². The Hall–Kier alpha value is -1.27. The molecule has 6 heteroatoms. The van der Waals surface area contributed by atoms with Crippen LogP contribution in [-0.4, -0.2) is 22.7 Å². The first-order valence-electron chi connectivity index (χ1n) is 4.95. The number of nitrogens with zero attached hydrogens (tertiary/aromatic N) is 2. The largest absolute Gasteiger partial charge is 0.497 e. The van der Waals surface area contributed by atoms with Crippen LogP contribution in [0.2, 0.25) is 0 Å². The lowest BCUT2D eigenvalue weighted by Crippen LogP contribution is -1.95. The molecule has 4 nitrogen and oxygen atoms in total. The number of hydrogen-bond donors (Lipinski definition) is 0. The van der Waals surface area contributed by atoms with Gasteiger partial charge < -0.3 is 9.47 Å². The number of aromatic nitrogens is 2. The molecule has 0 aliphatic heterocycles. The molecule has 0 spiro atoms. The summed E-state index contributed by atoms with van der Waals surface area (Å²) in [4.78, 5) is 4.20. The van der Waals surface area contributed by atoms with Crippen LogP contribution in [0.15, 0.2) is 29.4 Å². The zero-order valence-corrected chi connectivity index (χ0v) is 11.2. The van der Waals surface area contributed by atoms with Crippen molar-refractivity contribution in [3.05, 3.63) is 29.8 Å². The maximum Gasteiger partial charge on any atom is 0.294 e. The van der Waals surface area contributed by atoms with Crippen molar-refractivity contribution in [2.45, 2.75) is 11.8 Å². The summed E-state index contributed by atoms with van der Waals surface area (Å²) in [7, 11) is 1.65. The van der Waals surface area contributed by atoms with Gasteiger partial charge in [-0.05, 0) is 24.0 Å². The number of hydrogen-bond acceptors (Lipinski definition) is 6. The number of rotatable bonds is 5. The number of benzene rings is 1. The maximum absolute atomic E-state index is 5.54. The zero-order chi connectivity index (χ0) is 12.1. The topological polar surface area (TPSA) is 44.2 Å². The van der Waals surface area contributed by atoms with E-state index in [9.17, 15) is 0 Å². The molecule has 0 fully saturated rings. The fraction of sp³-hybridized carbons (Fsp3) is 0.273. The summed E-state index contributed by atoms with van der Waals surface area (Å²) in [6.45, 7) is 0.493. The third kappa shape index (κ3) is 3.34. The summed E-state index contributed by atoms with van der Waals surface area (Å²) in [6, 6.07) is 7.75. The van der Waals surface area contributed by atoms with Gasteiger partial charge in [0.2, 0.25) is 5.16 Å². The van der Waals surface area contributed by atoms with Crippen molar-refractivity contribution in [2.24, 2.45) is 0 Å². The Balaban J connectivity index is 1.92. The van der Waals surface area contributed by atoms with E-state index in [2.05, 4.69) is 9.36 Å². The number of methoxy groups -OCH3 is 1. The molecule has 17 heavy (non-hydrogen) atoms. The van der Waals surface area contributed by atoms with Gasteiger partial charge in [0.25, 0.3) is 5.19 Å². The molecule has 0 amide bonds. The Morgan fingerprint density at radius 1 is 1.29 bits per heavy atom. The van der Waals surface area contributed by atoms with E-state index in [1.165, 1.54) is 23.3 Å². The summed E-state index contributed by atoms with van der Waals surface area (Å²) in [5.74, 6) is 0.842. The fourth-order valence-corrected chi connectivity index (χ4v) is 2.28. The van der Waals surface area contributed by atoms with Gasteiger partial charge in [0, 0.05) is 11.5 Å². The van der Waals surface area contributed by atoms with Crippen molar-refractivity contribution in [1.29, 1.82) is 0 Å². The third-order valence-electron chi connectivity index (χ3n) is 2.09. The normalized spacial score (nSPS) is 10.2. The van der Waals surface area contributed by atoms with Gasteiger partial charge in [-0.1, -0.05) is 23.9 Å². The maximum atomic E-state index is 5.54. The van der Waals surface area contributed by atoms with Gasteiger partial charge in [0.1, 0.15) is 12.4 Å². The second kappa shape index (κ2) is 5.88. The quantitative estimate of drug-likeness (QED) is 0.780. The van der Waals surface area contributed by atoms with Crippen LogP contribution >= 0.6 is 23.3 Å². The third-order valence-corrected chi connectivity index (χ3v) is 3.39. The Morgan fingerprint density at radius 3 is 2.65 bits per heavy atom. The second-order valence-corrected chi connectivity index (χ2v) is 4.67. The van der Waals surface area contributed by atoms with Crippen LogP contribution in [0.5, 0.6) is 10.9 Å². The highest BCUT2D eigenvalue weighted by Crippen LogP contribution is 2.21. The highest BCUT2D eigenvalue weighted by atomic mass is 32.2. The highest BCUT2D eigenvalue weighted by molar-refractivity contribution is 7.98. The molecule has 0 aliphatic rings. The molecular formula is C11H12N2O2S2. The molecule has 2 aromatic rings. The van der Waals surface area contributed by atoms with Gasteiger partial charge in [-0.15, -0.1) is 0 Å². The van der Waals surface area contributed by atoms with Gasteiger partial charge in [0.15, 0.2) is 0 Å². The van der Waals surface area contributed by atoms with Crippen molar-refractivity contribution in [2.75, 3.05) is 13.4 Å². The minimum absolute atomic E-state index is 0.493. The molecule has 0 aliphatic carbocycles. The Bertz CT molecular complexity index is 471. The van der Waals surface area contributed by atoms with E-state index in [1.54, 1.807) is 7.11 Å². The zero-order valence-electron chi connectivity index (χ0n) is 9.54. The first kappa shape index (κ1) is 12.2. The average Bonchev–Trinajstić information content (AvgIpc) is 2.85. The van der Waals surface area contributed by atoms with Crippen molar-refractivity contribution >= 4 is 23.3 Å². The van der Waals surface area contributed by atoms with E-state index in [0.717, 1.165) is 16.5 Å². The van der Waals surface area contributed by atoms with E-state index in [-0.39, 0.29) is 0 Å². The van der Waals surface area contributed by atoms with Crippen LogP contribution in [0.4, 0.5) is 0 Å². The van der Waals surface area contributed by atoms with Crippen LogP contribution in [0.25, 0.3) is 0 Å². The molecule has 1 heterocycles. The van der Waals surface area contributed by atoms with Crippen LogP contribution in [0.1, 0.15) is 5.56 Å². The monoisotopic (exact) mass is 268 g/mol. The summed E-state index contributed by atoms with van der Waals surface area (Å²) in [5, 5.41) is 1.35. The van der Waals surface area contributed by atoms with Gasteiger partial charge in [0.05, 0.1) is 7.11 Å². The van der Waals surface area contributed by atoms with Crippen LogP contribution in [0.3, 0.4) is 0 Å². The van der Waals surface area contributed by atoms with Gasteiger partial charge in [-0.3, -0.25) is 0 Å². The minimum Gasteiger partial charge on any atom is -0.497 e. The van der Waals surface area contributed by atoms with Crippen molar-refractivity contribution in [1.82, 2.24) is 9.36 Å². The summed E-state index contributed by atoms with van der Waals surface area (Å²) < 4.78 is 14.7. The lowest BCUT2D eigenvalue weighted by molar-refractivity contribution is 0.302. The minimum atomic E-state index is 0.493. The second-order valence-electron chi connectivity index (χ2n) is 3.18. The van der Waals surface area contributed by atoms with Gasteiger partial charge in [-0.25, -0.2) is 0 Å². The molecule has 0 atom stereocenters. The van der Waals surface area contributed by atoms with E-state index in [1.807, 2.05) is 30.5 Å². The smallest absolute Gasteiger partial charge is 0.294 e. The molecule has 0 unspecified atom stereocenters. The van der Waals surface area contributed by atoms with Crippen LogP contribution in [-0.2, 0) is 6.61 Å². The molecule has 90 valence electrons. The summed E-state index contributed by atoms with van der Waals surface area (Å²) in [6.07, 6.45) is 1.94. The van der Waals surface area contributed by atoms with Crippen LogP contribution < -0.4 is 9.47 Å². The van der Waals surface area contributed by atoms with Crippen molar-refractivity contribution < 1.29 is 9.47 Å². The molecule has 0 bridgehead atoms. The van der Waals surface area contributed by atoms with Crippen molar-refractivity contribution in [3.8, 4) is 10.9 Å². The highest BCUT2D eigenvalue weighted by Gasteiger charge is 2.04. The number of thioether (sulfide) groups is 1. The summed E-state index contributed by atoms with van der Waals surface area (Å²) >= 11 is 2.78. The molecule has 0 saturated heterocycles. The van der Waals surface area contributed by atoms with E-state index < -0.39 is 0 Å². The summed E-state index contributed by atoms with van der Waals surface area (Å²) in [5.41, 5.74) is 1.08. The molecule has 1 aromatic heterocycles. The van der Waals surface area contributed by atoms with Gasteiger partial charge in [-0.2, -0.15) is 9.36 Å². The molecule has 0 radical (unpaired) electrons. The average molecular weight is 268 g/mol. The Kier molecular flexibility index (Phi) is 4.22. The molecule has 2 rings (SSSR count). The SMILES string of the molecule is COc1ccc(COc2nc(SC)ns2)cc1. The molecule has 0 N–H and O–H groups in total. The lowest BCUT2D eigenvalue weighted by Gasteiger charge is -2.03. The number of ether oxygens (including phenoxy) is 2. The molecular weight excluding hydrogens is 256 g/mol. The fourth-order valence-electron chi connectivity index (χ4n) is 1.21. The molecule has 1 aromatic carbocycles. The van der Waals surface area contributed by atoms with E-state index >= 15 is 0 Å². The van der Waals surface area contributed by atoms with E-state index in [4.69, 9.17) is 9.47 Å². The predicted octanol–water partition coefficient (Wildman–Crippen LogP) is 2.85. The Labute approximate surface area is 108 Å².